The van der Waals surface area contributed by atoms with Crippen LogP contribution >= 0.6 is 0 Å². The Morgan fingerprint density at radius 1 is 1.32 bits per heavy atom. The molecule has 0 N–H and O–H groups in total. The summed E-state index contributed by atoms with van der Waals surface area (Å²) >= 11 is 0. The zero-order chi connectivity index (χ0) is 15.2. The van der Waals surface area contributed by atoms with Gasteiger partial charge in [-0.05, 0) is 37.3 Å². The lowest BCUT2D eigenvalue weighted by atomic mass is 9.73. The van der Waals surface area contributed by atoms with E-state index in [1.807, 2.05) is 6.92 Å². The first-order valence-electron chi connectivity index (χ1n) is 7.87. The predicted octanol–water partition coefficient (Wildman–Crippen LogP) is 2.40. The van der Waals surface area contributed by atoms with Crippen molar-refractivity contribution in [3.8, 4) is 0 Å². The van der Waals surface area contributed by atoms with Gasteiger partial charge in [0, 0.05) is 11.5 Å². The molecule has 3 atom stereocenters. The predicted molar refractivity (Wildman–Crippen MR) is 80.2 cm³/mol. The van der Waals surface area contributed by atoms with Gasteiger partial charge >= 0.3 is 5.97 Å². The van der Waals surface area contributed by atoms with Crippen LogP contribution in [0.2, 0.25) is 0 Å². The molecule has 0 radical (unpaired) electrons. The number of fused-ring (bicyclic) bond motifs is 3. The molecule has 4 heteroatoms. The van der Waals surface area contributed by atoms with Crippen LogP contribution in [0.15, 0.2) is 36.4 Å². The fourth-order valence-corrected chi connectivity index (χ4v) is 4.14. The summed E-state index contributed by atoms with van der Waals surface area (Å²) in [5.74, 6) is -0.319. The SMILES string of the molecule is C/C=C/C(=O)O[C@@H]1[C@@H]2OC[C@H](CC13Cc1ccccc1C3)O2. The molecule has 0 amide bonds. The van der Waals surface area contributed by atoms with E-state index < -0.39 is 6.29 Å². The molecule has 2 saturated heterocycles. The van der Waals surface area contributed by atoms with Gasteiger partial charge in [0.15, 0.2) is 12.4 Å². The van der Waals surface area contributed by atoms with Crippen LogP contribution in [0.3, 0.4) is 0 Å². The van der Waals surface area contributed by atoms with Crippen LogP contribution < -0.4 is 0 Å². The maximum absolute atomic E-state index is 12.0. The van der Waals surface area contributed by atoms with Crippen molar-refractivity contribution in [3.63, 3.8) is 0 Å². The number of ether oxygens (including phenoxy) is 3. The third kappa shape index (κ3) is 2.18. The molecule has 1 spiro atoms. The van der Waals surface area contributed by atoms with Gasteiger partial charge in [0.25, 0.3) is 0 Å². The number of esters is 1. The molecular weight excluding hydrogens is 280 g/mol. The van der Waals surface area contributed by atoms with Crippen molar-refractivity contribution in [1.29, 1.82) is 0 Å². The largest absolute Gasteiger partial charge is 0.453 e. The first-order valence-corrected chi connectivity index (χ1v) is 7.87. The van der Waals surface area contributed by atoms with Crippen molar-refractivity contribution in [1.82, 2.24) is 0 Å². The molecule has 3 aliphatic rings. The van der Waals surface area contributed by atoms with Crippen LogP contribution in [0.5, 0.6) is 0 Å². The average molecular weight is 300 g/mol. The first kappa shape index (κ1) is 14.0. The molecular formula is C18H20O4. The lowest BCUT2D eigenvalue weighted by Crippen LogP contribution is -2.52. The lowest BCUT2D eigenvalue weighted by Gasteiger charge is -2.42. The highest BCUT2D eigenvalue weighted by Crippen LogP contribution is 2.50. The van der Waals surface area contributed by atoms with Gasteiger partial charge in [0.1, 0.15) is 0 Å². The summed E-state index contributed by atoms with van der Waals surface area (Å²) in [7, 11) is 0. The average Bonchev–Trinajstić information content (AvgIpc) is 3.06. The second-order valence-electron chi connectivity index (χ2n) is 6.51. The van der Waals surface area contributed by atoms with E-state index in [4.69, 9.17) is 14.2 Å². The standard InChI is InChI=1S/C18H20O4/c1-2-5-15(19)22-16-17-20-11-14(21-17)10-18(16)8-12-6-3-4-7-13(12)9-18/h2-7,14,16-17H,8-11H2,1H3/b5-2+/t14-,16+,17+/m0/s1. The van der Waals surface area contributed by atoms with Gasteiger partial charge < -0.3 is 14.2 Å². The number of rotatable bonds is 2. The number of allylic oxidation sites excluding steroid dienone is 1. The first-order chi connectivity index (χ1) is 10.7. The maximum Gasteiger partial charge on any atom is 0.330 e. The molecule has 4 nitrogen and oxygen atoms in total. The Labute approximate surface area is 130 Å². The molecule has 4 rings (SSSR count). The van der Waals surface area contributed by atoms with E-state index in [1.165, 1.54) is 17.2 Å². The monoisotopic (exact) mass is 300 g/mol. The van der Waals surface area contributed by atoms with Gasteiger partial charge in [-0.25, -0.2) is 4.79 Å². The Morgan fingerprint density at radius 3 is 2.73 bits per heavy atom. The smallest absolute Gasteiger partial charge is 0.330 e. The zero-order valence-electron chi connectivity index (χ0n) is 12.7. The summed E-state index contributed by atoms with van der Waals surface area (Å²) in [5, 5.41) is 0. The normalized spacial score (nSPS) is 31.6. The quantitative estimate of drug-likeness (QED) is 0.621. The molecule has 1 aromatic rings. The van der Waals surface area contributed by atoms with Gasteiger partial charge in [-0.2, -0.15) is 0 Å². The van der Waals surface area contributed by atoms with Crippen LogP contribution in [0, 0.1) is 5.41 Å². The summed E-state index contributed by atoms with van der Waals surface area (Å²) in [4.78, 5) is 12.0. The minimum absolute atomic E-state index is 0.0923. The molecule has 2 aliphatic heterocycles. The molecule has 0 saturated carbocycles. The molecule has 2 bridgehead atoms. The number of carbonyl (C=O) groups is 1. The highest BCUT2D eigenvalue weighted by molar-refractivity contribution is 5.82. The van der Waals surface area contributed by atoms with Crippen molar-refractivity contribution in [2.24, 2.45) is 5.41 Å². The Morgan fingerprint density at radius 2 is 2.05 bits per heavy atom. The minimum Gasteiger partial charge on any atom is -0.453 e. The number of hydrogen-bond acceptors (Lipinski definition) is 4. The van der Waals surface area contributed by atoms with Crippen LogP contribution in [0.4, 0.5) is 0 Å². The number of benzene rings is 1. The summed E-state index contributed by atoms with van der Waals surface area (Å²) in [6.45, 7) is 2.41. The Bertz CT molecular complexity index is 596. The van der Waals surface area contributed by atoms with Crippen LogP contribution in [-0.2, 0) is 31.8 Å². The Kier molecular flexibility index (Phi) is 3.31. The minimum atomic E-state index is -0.428. The molecule has 22 heavy (non-hydrogen) atoms. The van der Waals surface area contributed by atoms with Crippen LogP contribution in [0.1, 0.15) is 24.5 Å². The van der Waals surface area contributed by atoms with E-state index >= 15 is 0 Å². The van der Waals surface area contributed by atoms with Crippen molar-refractivity contribution in [2.75, 3.05) is 6.61 Å². The maximum atomic E-state index is 12.0. The van der Waals surface area contributed by atoms with Crippen LogP contribution in [0.25, 0.3) is 0 Å². The fourth-order valence-electron chi connectivity index (χ4n) is 4.14. The van der Waals surface area contributed by atoms with E-state index in [0.717, 1.165) is 19.3 Å². The lowest BCUT2D eigenvalue weighted by molar-refractivity contribution is -0.219. The van der Waals surface area contributed by atoms with Crippen LogP contribution in [-0.4, -0.2) is 31.1 Å². The third-order valence-electron chi connectivity index (χ3n) is 5.01. The molecule has 116 valence electrons. The Hall–Kier alpha value is -1.65. The second-order valence-corrected chi connectivity index (χ2v) is 6.51. The van der Waals surface area contributed by atoms with Gasteiger partial charge in [-0.15, -0.1) is 0 Å². The van der Waals surface area contributed by atoms with E-state index in [2.05, 4.69) is 24.3 Å². The van der Waals surface area contributed by atoms with Gasteiger partial charge in [-0.3, -0.25) is 0 Å². The molecule has 0 aromatic heterocycles. The van der Waals surface area contributed by atoms with Gasteiger partial charge in [0.2, 0.25) is 0 Å². The summed E-state index contributed by atoms with van der Waals surface area (Å²) < 4.78 is 17.3. The van der Waals surface area contributed by atoms with Gasteiger partial charge in [0.05, 0.1) is 12.7 Å². The molecule has 1 aromatic carbocycles. The van der Waals surface area contributed by atoms with Crippen molar-refractivity contribution in [3.05, 3.63) is 47.5 Å². The summed E-state index contributed by atoms with van der Waals surface area (Å²) in [5.41, 5.74) is 2.62. The van der Waals surface area contributed by atoms with E-state index in [0.29, 0.717) is 6.61 Å². The van der Waals surface area contributed by atoms with Crippen molar-refractivity contribution >= 4 is 5.97 Å². The fraction of sp³-hybridized carbons (Fsp3) is 0.500. The van der Waals surface area contributed by atoms with E-state index in [-0.39, 0.29) is 23.6 Å². The van der Waals surface area contributed by atoms with Gasteiger partial charge in [-0.1, -0.05) is 30.3 Å². The highest BCUT2D eigenvalue weighted by Gasteiger charge is 2.57. The number of hydrogen-bond donors (Lipinski definition) is 0. The van der Waals surface area contributed by atoms with E-state index in [9.17, 15) is 4.79 Å². The third-order valence-corrected chi connectivity index (χ3v) is 5.01. The highest BCUT2D eigenvalue weighted by atomic mass is 16.7. The number of carbonyl (C=O) groups excluding carboxylic acids is 1. The molecule has 0 unspecified atom stereocenters. The second kappa shape index (κ2) is 5.21. The van der Waals surface area contributed by atoms with Crippen molar-refractivity contribution in [2.45, 2.75) is 44.7 Å². The molecule has 2 heterocycles. The zero-order valence-corrected chi connectivity index (χ0v) is 12.7. The van der Waals surface area contributed by atoms with E-state index in [1.54, 1.807) is 6.08 Å². The Balaban J connectivity index is 1.66. The summed E-state index contributed by atoms with van der Waals surface area (Å²) in [6, 6.07) is 8.49. The topological polar surface area (TPSA) is 44.8 Å². The van der Waals surface area contributed by atoms with Crippen molar-refractivity contribution < 1.29 is 19.0 Å². The molecule has 1 aliphatic carbocycles. The molecule has 2 fully saturated rings. The summed E-state index contributed by atoms with van der Waals surface area (Å²) in [6.07, 6.45) is 5.23.